The Morgan fingerprint density at radius 1 is 1.00 bits per heavy atom. The fourth-order valence-electron chi connectivity index (χ4n) is 3.86. The van der Waals surface area contributed by atoms with Crippen molar-refractivity contribution in [3.63, 3.8) is 0 Å². The zero-order valence-corrected chi connectivity index (χ0v) is 14.9. The molecule has 2 atom stereocenters. The number of nitrogens with zero attached hydrogens (tertiary/aromatic N) is 1. The zero-order chi connectivity index (χ0) is 17.9. The van der Waals surface area contributed by atoms with E-state index in [2.05, 4.69) is 34.5 Å². The summed E-state index contributed by atoms with van der Waals surface area (Å²) in [4.78, 5) is 14.9. The number of carbonyl (C=O) groups excluding carboxylic acids is 1. The molecule has 1 saturated carbocycles. The molecule has 0 aromatic heterocycles. The predicted octanol–water partition coefficient (Wildman–Crippen LogP) is 4.06. The minimum Gasteiger partial charge on any atom is -0.353 e. The lowest BCUT2D eigenvalue weighted by Crippen LogP contribution is -2.44. The Balaban J connectivity index is 1.52. The van der Waals surface area contributed by atoms with Crippen LogP contribution in [0.2, 0.25) is 0 Å². The number of carbonyl (C=O) groups is 1. The van der Waals surface area contributed by atoms with E-state index in [-0.39, 0.29) is 17.6 Å². The van der Waals surface area contributed by atoms with E-state index in [0.717, 1.165) is 44.3 Å². The molecule has 1 saturated heterocycles. The number of nitrogens with one attached hydrogen (secondary N) is 1. The lowest BCUT2D eigenvalue weighted by atomic mass is 9.88. The van der Waals surface area contributed by atoms with Gasteiger partial charge in [-0.2, -0.15) is 0 Å². The van der Waals surface area contributed by atoms with Crippen molar-refractivity contribution in [2.45, 2.75) is 44.3 Å². The summed E-state index contributed by atoms with van der Waals surface area (Å²) < 4.78 is 13.2. The largest absolute Gasteiger partial charge is 0.353 e. The maximum Gasteiger partial charge on any atom is 0.224 e. The molecule has 4 rings (SSSR count). The highest BCUT2D eigenvalue weighted by Gasteiger charge is 2.34. The van der Waals surface area contributed by atoms with Crippen molar-refractivity contribution in [3.05, 3.63) is 71.5 Å². The number of amides is 1. The number of benzene rings is 2. The van der Waals surface area contributed by atoms with Gasteiger partial charge in [0.15, 0.2) is 0 Å². The van der Waals surface area contributed by atoms with Crippen molar-refractivity contribution in [2.24, 2.45) is 5.92 Å². The molecule has 2 aromatic carbocycles. The van der Waals surface area contributed by atoms with Crippen LogP contribution in [0, 0.1) is 11.7 Å². The van der Waals surface area contributed by atoms with Gasteiger partial charge in [0.2, 0.25) is 5.91 Å². The highest BCUT2D eigenvalue weighted by atomic mass is 19.1. The molecule has 2 aliphatic rings. The lowest BCUT2D eigenvalue weighted by Gasteiger charge is -2.39. The highest BCUT2D eigenvalue weighted by molar-refractivity contribution is 5.79. The molecule has 0 unspecified atom stereocenters. The van der Waals surface area contributed by atoms with Crippen LogP contribution >= 0.6 is 0 Å². The molecular weight excluding hydrogens is 327 g/mol. The van der Waals surface area contributed by atoms with Crippen LogP contribution in [-0.2, 0) is 11.3 Å². The molecule has 1 aliphatic heterocycles. The minimum absolute atomic E-state index is 0.0380. The minimum atomic E-state index is -0.214. The summed E-state index contributed by atoms with van der Waals surface area (Å²) in [7, 11) is 0. The molecule has 4 heteroatoms. The molecule has 1 N–H and O–H groups in total. The van der Waals surface area contributed by atoms with Gasteiger partial charge in [0.05, 0.1) is 5.92 Å². The SMILES string of the molecule is O=C(NC1CC1)[C@@H]1CC[C@@H](c2ccccc2)N(Cc2ccc(F)cc2)C1. The molecule has 1 aliphatic carbocycles. The molecule has 26 heavy (non-hydrogen) atoms. The average molecular weight is 352 g/mol. The summed E-state index contributed by atoms with van der Waals surface area (Å²) in [5.41, 5.74) is 2.37. The van der Waals surface area contributed by atoms with Gasteiger partial charge in [0.25, 0.3) is 0 Å². The van der Waals surface area contributed by atoms with Crippen molar-refractivity contribution < 1.29 is 9.18 Å². The second-order valence-corrected chi connectivity index (χ2v) is 7.54. The number of halogens is 1. The standard InChI is InChI=1S/C22H25FN2O/c23-19-9-6-16(7-10-19)14-25-15-18(22(26)24-20-11-12-20)8-13-21(25)17-4-2-1-3-5-17/h1-7,9-10,18,20-21H,8,11-15H2,(H,24,26)/t18-,21+/m1/s1. The predicted molar refractivity (Wildman–Crippen MR) is 99.9 cm³/mol. The Morgan fingerprint density at radius 3 is 2.42 bits per heavy atom. The van der Waals surface area contributed by atoms with E-state index in [1.807, 2.05) is 18.2 Å². The van der Waals surface area contributed by atoms with Gasteiger partial charge in [0.1, 0.15) is 5.82 Å². The number of rotatable bonds is 5. The smallest absolute Gasteiger partial charge is 0.224 e. The Hall–Kier alpha value is -2.20. The van der Waals surface area contributed by atoms with Gasteiger partial charge in [0, 0.05) is 25.2 Å². The Labute approximate surface area is 154 Å². The monoisotopic (exact) mass is 352 g/mol. The fraction of sp³-hybridized carbons (Fsp3) is 0.409. The maximum absolute atomic E-state index is 13.2. The number of hydrogen-bond acceptors (Lipinski definition) is 2. The quantitative estimate of drug-likeness (QED) is 0.880. The van der Waals surface area contributed by atoms with Crippen LogP contribution in [-0.4, -0.2) is 23.4 Å². The molecule has 2 fully saturated rings. The van der Waals surface area contributed by atoms with Crippen LogP contribution < -0.4 is 5.32 Å². The summed E-state index contributed by atoms with van der Waals surface area (Å²) >= 11 is 0. The first-order valence-electron chi connectivity index (χ1n) is 9.53. The van der Waals surface area contributed by atoms with Crippen LogP contribution in [0.1, 0.15) is 42.9 Å². The van der Waals surface area contributed by atoms with Crippen molar-refractivity contribution in [1.82, 2.24) is 10.2 Å². The summed E-state index contributed by atoms with van der Waals surface area (Å²) in [6.07, 6.45) is 4.11. The van der Waals surface area contributed by atoms with Gasteiger partial charge in [-0.15, -0.1) is 0 Å². The normalized spacial score (nSPS) is 23.6. The van der Waals surface area contributed by atoms with Gasteiger partial charge in [-0.05, 0) is 48.9 Å². The lowest BCUT2D eigenvalue weighted by molar-refractivity contribution is -0.127. The van der Waals surface area contributed by atoms with E-state index in [9.17, 15) is 9.18 Å². The molecule has 136 valence electrons. The van der Waals surface area contributed by atoms with Gasteiger partial charge in [-0.3, -0.25) is 9.69 Å². The second kappa shape index (κ2) is 7.58. The summed E-state index contributed by atoms with van der Waals surface area (Å²) in [6.45, 7) is 1.47. The van der Waals surface area contributed by atoms with Crippen LogP contribution in [0.25, 0.3) is 0 Å². The van der Waals surface area contributed by atoms with E-state index in [4.69, 9.17) is 0 Å². The first kappa shape index (κ1) is 17.2. The topological polar surface area (TPSA) is 32.3 Å². The molecule has 1 heterocycles. The maximum atomic E-state index is 13.2. The van der Waals surface area contributed by atoms with E-state index in [1.165, 1.54) is 17.7 Å². The molecule has 0 bridgehead atoms. The van der Waals surface area contributed by atoms with E-state index >= 15 is 0 Å². The zero-order valence-electron chi connectivity index (χ0n) is 14.9. The van der Waals surface area contributed by atoms with Crippen molar-refractivity contribution in [3.8, 4) is 0 Å². The second-order valence-electron chi connectivity index (χ2n) is 7.54. The molecule has 3 nitrogen and oxygen atoms in total. The first-order valence-corrected chi connectivity index (χ1v) is 9.53. The third-order valence-electron chi connectivity index (χ3n) is 5.46. The first-order chi connectivity index (χ1) is 12.7. The Morgan fingerprint density at radius 2 is 1.73 bits per heavy atom. The third kappa shape index (κ3) is 4.13. The molecule has 2 aromatic rings. The molecule has 0 radical (unpaired) electrons. The summed E-state index contributed by atoms with van der Waals surface area (Å²) in [5.74, 6) is 0.0211. The van der Waals surface area contributed by atoms with Gasteiger partial charge >= 0.3 is 0 Å². The molecule has 1 amide bonds. The van der Waals surface area contributed by atoms with Gasteiger partial charge in [-0.25, -0.2) is 4.39 Å². The van der Waals surface area contributed by atoms with Crippen molar-refractivity contribution >= 4 is 5.91 Å². The van der Waals surface area contributed by atoms with E-state index < -0.39 is 0 Å². The van der Waals surface area contributed by atoms with Gasteiger partial charge in [-0.1, -0.05) is 42.5 Å². The summed E-state index contributed by atoms with van der Waals surface area (Å²) in [5, 5.41) is 3.15. The van der Waals surface area contributed by atoms with E-state index in [1.54, 1.807) is 0 Å². The Bertz CT molecular complexity index is 742. The summed E-state index contributed by atoms with van der Waals surface area (Å²) in [6, 6.07) is 17.9. The Kier molecular flexibility index (Phi) is 5.02. The van der Waals surface area contributed by atoms with Crippen molar-refractivity contribution in [1.29, 1.82) is 0 Å². The van der Waals surface area contributed by atoms with Crippen LogP contribution in [0.4, 0.5) is 4.39 Å². The van der Waals surface area contributed by atoms with Crippen molar-refractivity contribution in [2.75, 3.05) is 6.54 Å². The van der Waals surface area contributed by atoms with Crippen LogP contribution in [0.15, 0.2) is 54.6 Å². The molecule has 0 spiro atoms. The number of hydrogen-bond donors (Lipinski definition) is 1. The highest BCUT2D eigenvalue weighted by Crippen LogP contribution is 2.35. The average Bonchev–Trinajstić information content (AvgIpc) is 3.48. The molecular formula is C22H25FN2O. The van der Waals surface area contributed by atoms with Crippen LogP contribution in [0.5, 0.6) is 0 Å². The van der Waals surface area contributed by atoms with Gasteiger partial charge < -0.3 is 5.32 Å². The number of likely N-dealkylation sites (tertiary alicyclic amines) is 1. The fourth-order valence-corrected chi connectivity index (χ4v) is 3.86. The third-order valence-corrected chi connectivity index (χ3v) is 5.46. The van der Waals surface area contributed by atoms with Crippen LogP contribution in [0.3, 0.4) is 0 Å². The number of piperidine rings is 1. The van der Waals surface area contributed by atoms with E-state index in [0.29, 0.717) is 12.1 Å².